The number of ether oxygens (including phenoxy) is 2. The molecule has 1 aromatic heterocycles. The van der Waals surface area contributed by atoms with E-state index in [0.29, 0.717) is 18.7 Å². The van der Waals surface area contributed by atoms with Crippen molar-refractivity contribution in [1.82, 2.24) is 0 Å². The number of H-pyrrole nitrogens is 1. The first kappa shape index (κ1) is 18.2. The molecule has 0 saturated heterocycles. The Bertz CT molecular complexity index is 820. The number of fused-ring (bicyclic) bond motifs is 1. The second-order valence-electron chi connectivity index (χ2n) is 7.56. The Hall–Kier alpha value is -2.58. The fourth-order valence-electron chi connectivity index (χ4n) is 3.04. The lowest BCUT2D eigenvalue weighted by Crippen LogP contribution is -2.37. The largest absolute Gasteiger partial charge is 0.491 e. The van der Waals surface area contributed by atoms with Crippen LogP contribution < -0.4 is 15.0 Å². The van der Waals surface area contributed by atoms with Crippen LogP contribution in [0.25, 0.3) is 0 Å². The number of aromatic amines is 1. The van der Waals surface area contributed by atoms with E-state index in [1.54, 1.807) is 0 Å². The molecule has 3 rings (SSSR count). The third kappa shape index (κ3) is 4.33. The minimum absolute atomic E-state index is 0.162. The first-order valence-electron chi connectivity index (χ1n) is 8.98. The van der Waals surface area contributed by atoms with Gasteiger partial charge in [0.15, 0.2) is 0 Å². The second kappa shape index (κ2) is 7.35. The number of anilines is 1. The molecule has 1 aromatic carbocycles. The van der Waals surface area contributed by atoms with Gasteiger partial charge in [-0.05, 0) is 51.5 Å². The predicted octanol–water partition coefficient (Wildman–Crippen LogP) is 3.62. The van der Waals surface area contributed by atoms with Crippen LogP contribution in [0.2, 0.25) is 0 Å². The van der Waals surface area contributed by atoms with Crippen LogP contribution in [0.1, 0.15) is 50.1 Å². The average molecular weight is 352 g/mol. The molecule has 5 nitrogen and oxygen atoms in total. The van der Waals surface area contributed by atoms with Gasteiger partial charge < -0.3 is 9.47 Å². The van der Waals surface area contributed by atoms with Gasteiger partial charge in [-0.25, -0.2) is 4.98 Å². The van der Waals surface area contributed by atoms with Crippen molar-refractivity contribution >= 4 is 5.82 Å². The summed E-state index contributed by atoms with van der Waals surface area (Å²) in [5, 5.41) is 12.8. The number of pyridine rings is 1. The Morgan fingerprint density at radius 1 is 1.31 bits per heavy atom. The molecule has 1 aliphatic heterocycles. The standard InChI is InChI=1S/C21H25N3O2/c1-14(2)26-18-7-5-15(6-8-18)12-23-20-16(11-22)9-17-13-25-21(3,4)10-19(17)24-20/h5-9,14H,10,12-13H2,1-4H3,(H,23,24)/p+1. The van der Waals surface area contributed by atoms with Crippen molar-refractivity contribution in [2.24, 2.45) is 0 Å². The van der Waals surface area contributed by atoms with Gasteiger partial charge in [0.05, 0.1) is 18.3 Å². The molecule has 0 saturated carbocycles. The topological polar surface area (TPSA) is 68.4 Å². The van der Waals surface area contributed by atoms with Gasteiger partial charge >= 0.3 is 0 Å². The molecule has 2 heterocycles. The Morgan fingerprint density at radius 2 is 2.04 bits per heavy atom. The predicted molar refractivity (Wildman–Crippen MR) is 99.8 cm³/mol. The monoisotopic (exact) mass is 352 g/mol. The number of rotatable bonds is 5. The fourth-order valence-corrected chi connectivity index (χ4v) is 3.04. The molecule has 0 unspecified atom stereocenters. The summed E-state index contributed by atoms with van der Waals surface area (Å²) in [5.41, 5.74) is 3.72. The van der Waals surface area contributed by atoms with Crippen molar-refractivity contribution < 1.29 is 14.5 Å². The maximum Gasteiger partial charge on any atom is 0.290 e. The molecule has 0 amide bonds. The zero-order valence-electron chi connectivity index (χ0n) is 15.8. The quantitative estimate of drug-likeness (QED) is 0.892. The lowest BCUT2D eigenvalue weighted by Gasteiger charge is -2.30. The SMILES string of the molecule is CC(C)Oc1ccc(CNc2[nH+]c3c(cc2C#N)COC(C)(C)C3)cc1. The smallest absolute Gasteiger partial charge is 0.290 e. The third-order valence-corrected chi connectivity index (χ3v) is 4.36. The third-order valence-electron chi connectivity index (χ3n) is 4.36. The normalized spacial score (nSPS) is 15.2. The average Bonchev–Trinajstić information content (AvgIpc) is 2.59. The molecule has 0 radical (unpaired) electrons. The van der Waals surface area contributed by atoms with E-state index in [2.05, 4.69) is 30.2 Å². The summed E-state index contributed by atoms with van der Waals surface area (Å²) >= 11 is 0. The van der Waals surface area contributed by atoms with Gasteiger partial charge in [0.2, 0.25) is 0 Å². The van der Waals surface area contributed by atoms with Crippen molar-refractivity contribution in [3.05, 3.63) is 52.7 Å². The van der Waals surface area contributed by atoms with E-state index in [0.717, 1.165) is 34.8 Å². The highest BCUT2D eigenvalue weighted by Gasteiger charge is 2.30. The maximum absolute atomic E-state index is 9.47. The minimum Gasteiger partial charge on any atom is -0.491 e. The van der Waals surface area contributed by atoms with Gasteiger partial charge in [-0.2, -0.15) is 5.26 Å². The number of benzene rings is 1. The van der Waals surface area contributed by atoms with E-state index in [1.165, 1.54) is 0 Å². The summed E-state index contributed by atoms with van der Waals surface area (Å²) in [6.45, 7) is 9.34. The van der Waals surface area contributed by atoms with Gasteiger partial charge in [-0.15, -0.1) is 0 Å². The molecule has 1 aliphatic rings. The number of nitrogens with one attached hydrogen (secondary N) is 2. The molecular formula is C21H26N3O2+. The summed E-state index contributed by atoms with van der Waals surface area (Å²) in [6.07, 6.45) is 0.958. The lowest BCUT2D eigenvalue weighted by molar-refractivity contribution is -0.381. The summed E-state index contributed by atoms with van der Waals surface area (Å²) in [5.74, 6) is 1.62. The van der Waals surface area contributed by atoms with Crippen LogP contribution in [-0.2, 0) is 24.3 Å². The lowest BCUT2D eigenvalue weighted by atomic mass is 9.95. The Balaban J connectivity index is 1.74. The van der Waals surface area contributed by atoms with Gasteiger partial charge in [-0.1, -0.05) is 12.1 Å². The number of hydrogen-bond donors (Lipinski definition) is 1. The molecule has 0 fully saturated rings. The van der Waals surface area contributed by atoms with Gasteiger partial charge in [0.1, 0.15) is 29.6 Å². The second-order valence-corrected chi connectivity index (χ2v) is 7.56. The van der Waals surface area contributed by atoms with E-state index in [4.69, 9.17) is 9.47 Å². The first-order chi connectivity index (χ1) is 12.4. The van der Waals surface area contributed by atoms with Crippen LogP contribution in [-0.4, -0.2) is 11.7 Å². The zero-order valence-corrected chi connectivity index (χ0v) is 15.8. The van der Waals surface area contributed by atoms with E-state index >= 15 is 0 Å². The van der Waals surface area contributed by atoms with Gasteiger partial charge in [0, 0.05) is 12.0 Å². The van der Waals surface area contributed by atoms with Crippen molar-refractivity contribution in [3.8, 4) is 11.8 Å². The minimum atomic E-state index is -0.193. The van der Waals surface area contributed by atoms with Crippen LogP contribution in [0.3, 0.4) is 0 Å². The van der Waals surface area contributed by atoms with Gasteiger partial charge in [-0.3, -0.25) is 5.32 Å². The molecule has 0 atom stereocenters. The van der Waals surface area contributed by atoms with Crippen LogP contribution in [0, 0.1) is 11.3 Å². The number of nitriles is 1. The highest BCUT2D eigenvalue weighted by atomic mass is 16.5. The Kier molecular flexibility index (Phi) is 5.15. The molecule has 136 valence electrons. The molecule has 0 spiro atoms. The summed E-state index contributed by atoms with van der Waals surface area (Å²) in [7, 11) is 0. The molecular weight excluding hydrogens is 326 g/mol. The number of aromatic nitrogens is 1. The summed E-state index contributed by atoms with van der Waals surface area (Å²) in [4.78, 5) is 3.41. The number of hydrogen-bond acceptors (Lipinski definition) is 4. The Labute approximate surface area is 155 Å². The van der Waals surface area contributed by atoms with Crippen molar-refractivity contribution in [2.45, 2.75) is 59.0 Å². The van der Waals surface area contributed by atoms with Crippen LogP contribution in [0.5, 0.6) is 5.75 Å². The van der Waals surface area contributed by atoms with Crippen LogP contribution in [0.4, 0.5) is 5.82 Å². The first-order valence-corrected chi connectivity index (χ1v) is 8.98. The molecule has 2 N–H and O–H groups in total. The van der Waals surface area contributed by atoms with Crippen LogP contribution in [0.15, 0.2) is 30.3 Å². The van der Waals surface area contributed by atoms with E-state index in [9.17, 15) is 5.26 Å². The molecule has 0 aliphatic carbocycles. The van der Waals surface area contributed by atoms with E-state index in [-0.39, 0.29) is 11.7 Å². The number of nitrogens with zero attached hydrogens (tertiary/aromatic N) is 1. The van der Waals surface area contributed by atoms with Crippen LogP contribution >= 0.6 is 0 Å². The van der Waals surface area contributed by atoms with Crippen molar-refractivity contribution in [1.29, 1.82) is 5.26 Å². The Morgan fingerprint density at radius 3 is 2.69 bits per heavy atom. The highest BCUT2D eigenvalue weighted by Crippen LogP contribution is 2.27. The fraction of sp³-hybridized carbons (Fsp3) is 0.429. The zero-order chi connectivity index (χ0) is 18.7. The van der Waals surface area contributed by atoms with E-state index < -0.39 is 0 Å². The molecule has 2 aromatic rings. The molecule has 5 heteroatoms. The van der Waals surface area contributed by atoms with E-state index in [1.807, 2.05) is 44.2 Å². The van der Waals surface area contributed by atoms with Crippen molar-refractivity contribution in [2.75, 3.05) is 5.32 Å². The summed E-state index contributed by atoms with van der Waals surface area (Å²) < 4.78 is 11.5. The van der Waals surface area contributed by atoms with Crippen molar-refractivity contribution in [3.63, 3.8) is 0 Å². The molecule has 26 heavy (non-hydrogen) atoms. The molecule has 0 bridgehead atoms. The highest BCUT2D eigenvalue weighted by molar-refractivity contribution is 5.50. The maximum atomic E-state index is 9.47. The summed E-state index contributed by atoms with van der Waals surface area (Å²) in [6, 6.07) is 12.2. The van der Waals surface area contributed by atoms with Gasteiger partial charge in [0.25, 0.3) is 5.82 Å².